The normalized spacial score (nSPS) is 19.4. The van der Waals surface area contributed by atoms with E-state index in [9.17, 15) is 9.59 Å². The summed E-state index contributed by atoms with van der Waals surface area (Å²) in [6, 6.07) is 13.0. The number of benzene rings is 2. The van der Waals surface area contributed by atoms with E-state index in [0.29, 0.717) is 29.3 Å². The summed E-state index contributed by atoms with van der Waals surface area (Å²) in [7, 11) is 1.53. The number of hydrogen-bond acceptors (Lipinski definition) is 3. The molecule has 2 aromatic rings. The van der Waals surface area contributed by atoms with E-state index in [1.165, 1.54) is 7.11 Å². The van der Waals surface area contributed by atoms with E-state index in [1.807, 2.05) is 31.2 Å². The second kappa shape index (κ2) is 6.57. The third-order valence-corrected chi connectivity index (χ3v) is 5.73. The molecule has 0 bridgehead atoms. The van der Waals surface area contributed by atoms with E-state index in [1.54, 1.807) is 23.1 Å². The maximum Gasteiger partial charge on any atom is 0.242 e. The number of amides is 2. The lowest BCUT2D eigenvalue weighted by Gasteiger charge is -2.27. The minimum Gasteiger partial charge on any atom is -0.495 e. The van der Waals surface area contributed by atoms with Crippen LogP contribution in [0.4, 0.5) is 11.4 Å². The van der Waals surface area contributed by atoms with Gasteiger partial charge < -0.3 is 15.0 Å². The summed E-state index contributed by atoms with van der Waals surface area (Å²) >= 11 is 6.13. The monoisotopic (exact) mass is 384 g/mol. The summed E-state index contributed by atoms with van der Waals surface area (Å²) in [5.41, 5.74) is 1.63. The molecule has 1 N–H and O–H groups in total. The van der Waals surface area contributed by atoms with Gasteiger partial charge in [-0.15, -0.1) is 0 Å². The molecule has 2 aromatic carbocycles. The highest BCUT2D eigenvalue weighted by molar-refractivity contribution is 6.32. The van der Waals surface area contributed by atoms with Crippen LogP contribution in [0.5, 0.6) is 5.75 Å². The Hall–Kier alpha value is -2.53. The zero-order valence-corrected chi connectivity index (χ0v) is 16.0. The van der Waals surface area contributed by atoms with Crippen LogP contribution in [0.15, 0.2) is 42.5 Å². The smallest absolute Gasteiger partial charge is 0.242 e. The minimum absolute atomic E-state index is 0.0515. The first-order valence-electron chi connectivity index (χ1n) is 9.03. The van der Waals surface area contributed by atoms with Crippen LogP contribution in [0.3, 0.4) is 0 Å². The number of nitrogens with one attached hydrogen (secondary N) is 1. The molecule has 0 spiro atoms. The molecule has 2 aliphatic rings. The largest absolute Gasteiger partial charge is 0.495 e. The Balaban J connectivity index is 1.56. The molecular formula is C21H21ClN2O3. The van der Waals surface area contributed by atoms with E-state index in [4.69, 9.17) is 16.3 Å². The van der Waals surface area contributed by atoms with Crippen molar-refractivity contribution in [3.63, 3.8) is 0 Å². The fourth-order valence-corrected chi connectivity index (χ4v) is 4.02. The second-order valence-electron chi connectivity index (χ2n) is 7.24. The van der Waals surface area contributed by atoms with Crippen molar-refractivity contribution in [1.82, 2.24) is 0 Å². The molecule has 1 aliphatic carbocycles. The van der Waals surface area contributed by atoms with Crippen molar-refractivity contribution in [2.24, 2.45) is 5.41 Å². The number of halogens is 1. The van der Waals surface area contributed by atoms with Gasteiger partial charge in [-0.1, -0.05) is 29.8 Å². The molecule has 1 fully saturated rings. The molecule has 1 saturated carbocycles. The Kier molecular flexibility index (Phi) is 4.35. The molecular weight excluding hydrogens is 364 g/mol. The predicted molar refractivity (Wildman–Crippen MR) is 105 cm³/mol. The van der Waals surface area contributed by atoms with Crippen LogP contribution < -0.4 is 15.0 Å². The van der Waals surface area contributed by atoms with E-state index < -0.39 is 5.41 Å². The zero-order chi connectivity index (χ0) is 19.2. The fourth-order valence-electron chi connectivity index (χ4n) is 3.76. The predicted octanol–water partition coefficient (Wildman–Crippen LogP) is 4.05. The first kappa shape index (κ1) is 17.9. The van der Waals surface area contributed by atoms with Gasteiger partial charge in [0.1, 0.15) is 11.2 Å². The van der Waals surface area contributed by atoms with Crippen molar-refractivity contribution < 1.29 is 14.3 Å². The van der Waals surface area contributed by atoms with E-state index in [2.05, 4.69) is 5.32 Å². The van der Waals surface area contributed by atoms with Crippen molar-refractivity contribution in [1.29, 1.82) is 0 Å². The minimum atomic E-state index is -0.988. The molecule has 0 radical (unpaired) electrons. The summed E-state index contributed by atoms with van der Waals surface area (Å²) in [4.78, 5) is 28.1. The van der Waals surface area contributed by atoms with Gasteiger partial charge in [0.25, 0.3) is 0 Å². The molecule has 27 heavy (non-hydrogen) atoms. The quantitative estimate of drug-likeness (QED) is 0.809. The van der Waals surface area contributed by atoms with Crippen LogP contribution in [0, 0.1) is 5.41 Å². The van der Waals surface area contributed by atoms with Gasteiger partial charge in [0.15, 0.2) is 0 Å². The Morgan fingerprint density at radius 1 is 1.22 bits per heavy atom. The van der Waals surface area contributed by atoms with Gasteiger partial charge in [-0.3, -0.25) is 9.59 Å². The highest BCUT2D eigenvalue weighted by atomic mass is 35.5. The number of hydrogen-bond donors (Lipinski definition) is 1. The van der Waals surface area contributed by atoms with Crippen LogP contribution in [0.1, 0.15) is 25.3 Å². The number of carbonyl (C=O) groups excluding carboxylic acids is 2. The summed E-state index contributed by atoms with van der Waals surface area (Å²) in [5, 5.41) is 3.26. The topological polar surface area (TPSA) is 58.6 Å². The molecule has 4 rings (SSSR count). The zero-order valence-electron chi connectivity index (χ0n) is 15.3. The maximum atomic E-state index is 13.3. The van der Waals surface area contributed by atoms with Crippen LogP contribution in [-0.2, 0) is 16.0 Å². The number of para-hydroxylation sites is 1. The summed E-state index contributed by atoms with van der Waals surface area (Å²) in [6.45, 7) is 2.02. The first-order chi connectivity index (χ1) is 13.0. The standard InChI is InChI=1S/C21H21ClN2O3/c1-13-11-14-5-3-4-6-17(14)24(13)20(26)21(9-10-21)19(25)23-15-7-8-18(27-2)16(22)12-15/h3-8,12-13H,9-11H2,1-2H3,(H,23,25). The lowest BCUT2D eigenvalue weighted by atomic mass is 10.0. The number of methoxy groups -OCH3 is 1. The molecule has 1 atom stereocenters. The Morgan fingerprint density at radius 2 is 1.96 bits per heavy atom. The summed E-state index contributed by atoms with van der Waals surface area (Å²) < 4.78 is 5.13. The number of fused-ring (bicyclic) bond motifs is 1. The Morgan fingerprint density at radius 3 is 2.63 bits per heavy atom. The average molecular weight is 385 g/mol. The van der Waals surface area contributed by atoms with Crippen LogP contribution in [0.2, 0.25) is 5.02 Å². The van der Waals surface area contributed by atoms with E-state index in [-0.39, 0.29) is 17.9 Å². The van der Waals surface area contributed by atoms with Gasteiger partial charge in [-0.05, 0) is 56.0 Å². The number of carbonyl (C=O) groups is 2. The summed E-state index contributed by atoms with van der Waals surface area (Å²) in [5.74, 6) is 0.150. The van der Waals surface area contributed by atoms with Gasteiger partial charge >= 0.3 is 0 Å². The van der Waals surface area contributed by atoms with Gasteiger partial charge in [0, 0.05) is 17.4 Å². The van der Waals surface area contributed by atoms with Crippen molar-refractivity contribution >= 4 is 34.8 Å². The molecule has 5 nitrogen and oxygen atoms in total. The highest BCUT2D eigenvalue weighted by Gasteiger charge is 2.59. The first-order valence-corrected chi connectivity index (χ1v) is 9.40. The molecule has 1 aliphatic heterocycles. The fraction of sp³-hybridized carbons (Fsp3) is 0.333. The lowest BCUT2D eigenvalue weighted by molar-refractivity contribution is -0.132. The SMILES string of the molecule is COc1ccc(NC(=O)C2(C(=O)N3c4ccccc4CC3C)CC2)cc1Cl. The highest BCUT2D eigenvalue weighted by Crippen LogP contribution is 2.50. The maximum absolute atomic E-state index is 13.3. The van der Waals surface area contributed by atoms with Crippen molar-refractivity contribution in [2.75, 3.05) is 17.3 Å². The van der Waals surface area contributed by atoms with Gasteiger partial charge in [-0.25, -0.2) is 0 Å². The van der Waals surface area contributed by atoms with Gasteiger partial charge in [0.05, 0.1) is 12.1 Å². The Bertz CT molecular complexity index is 923. The molecule has 2 amide bonds. The van der Waals surface area contributed by atoms with Crippen LogP contribution in [-0.4, -0.2) is 25.0 Å². The van der Waals surface area contributed by atoms with Crippen LogP contribution in [0.25, 0.3) is 0 Å². The van der Waals surface area contributed by atoms with E-state index >= 15 is 0 Å². The Labute approximate surface area is 163 Å². The van der Waals surface area contributed by atoms with E-state index in [0.717, 1.165) is 17.7 Å². The third kappa shape index (κ3) is 2.96. The number of nitrogens with zero attached hydrogens (tertiary/aromatic N) is 1. The van der Waals surface area contributed by atoms with Crippen molar-refractivity contribution in [3.8, 4) is 5.75 Å². The molecule has 0 saturated heterocycles. The summed E-state index contributed by atoms with van der Waals surface area (Å²) in [6.07, 6.45) is 1.94. The molecule has 0 aromatic heterocycles. The number of anilines is 2. The average Bonchev–Trinajstić information content (AvgIpc) is 3.39. The van der Waals surface area contributed by atoms with Crippen molar-refractivity contribution in [3.05, 3.63) is 53.1 Å². The number of rotatable bonds is 4. The molecule has 140 valence electrons. The van der Waals surface area contributed by atoms with Crippen LogP contribution >= 0.6 is 11.6 Å². The molecule has 1 unspecified atom stereocenters. The second-order valence-corrected chi connectivity index (χ2v) is 7.65. The molecule has 6 heteroatoms. The van der Waals surface area contributed by atoms with Gasteiger partial charge in [0.2, 0.25) is 11.8 Å². The van der Waals surface area contributed by atoms with Crippen molar-refractivity contribution in [2.45, 2.75) is 32.2 Å². The third-order valence-electron chi connectivity index (χ3n) is 5.43. The van der Waals surface area contributed by atoms with Gasteiger partial charge in [-0.2, -0.15) is 0 Å². The number of ether oxygens (including phenoxy) is 1. The lowest BCUT2D eigenvalue weighted by Crippen LogP contribution is -2.45. The molecule has 1 heterocycles.